The molecule has 1 aromatic carbocycles. The Kier molecular flexibility index (Phi) is 5.83. The molecule has 122 valence electrons. The van der Waals surface area contributed by atoms with E-state index in [0.717, 1.165) is 12.0 Å². The summed E-state index contributed by atoms with van der Waals surface area (Å²) in [5.74, 6) is 0.644. The van der Waals surface area contributed by atoms with E-state index in [9.17, 15) is 14.8 Å². The Balaban J connectivity index is 2.13. The van der Waals surface area contributed by atoms with Gasteiger partial charge in [0.2, 0.25) is 11.7 Å². The summed E-state index contributed by atoms with van der Waals surface area (Å²) < 4.78 is 0. The number of aromatic nitrogens is 4. The van der Waals surface area contributed by atoms with Gasteiger partial charge >= 0.3 is 7.12 Å². The Morgan fingerprint density at radius 2 is 2.17 bits per heavy atom. The van der Waals surface area contributed by atoms with Crippen molar-refractivity contribution in [1.82, 2.24) is 25.9 Å². The van der Waals surface area contributed by atoms with Crippen LogP contribution >= 0.6 is 0 Å². The van der Waals surface area contributed by atoms with Gasteiger partial charge in [-0.1, -0.05) is 32.4 Å². The third-order valence-corrected chi connectivity index (χ3v) is 3.64. The number of amides is 1. The van der Waals surface area contributed by atoms with E-state index in [1.54, 1.807) is 18.2 Å². The Morgan fingerprint density at radius 3 is 2.78 bits per heavy atom. The molecule has 23 heavy (non-hydrogen) atoms. The molecule has 2 rings (SSSR count). The highest BCUT2D eigenvalue weighted by atomic mass is 16.4. The number of hydrogen-bond donors (Lipinski definition) is 4. The van der Waals surface area contributed by atoms with E-state index < -0.39 is 7.12 Å². The van der Waals surface area contributed by atoms with Crippen molar-refractivity contribution < 1.29 is 14.8 Å². The van der Waals surface area contributed by atoms with Gasteiger partial charge in [-0.05, 0) is 28.2 Å². The second-order valence-corrected chi connectivity index (χ2v) is 5.57. The molecule has 2 aromatic rings. The van der Waals surface area contributed by atoms with Gasteiger partial charge in [0.1, 0.15) is 0 Å². The molecule has 0 spiro atoms. The van der Waals surface area contributed by atoms with Crippen molar-refractivity contribution in [2.75, 3.05) is 0 Å². The van der Waals surface area contributed by atoms with Crippen LogP contribution in [0.1, 0.15) is 32.3 Å². The lowest BCUT2D eigenvalue weighted by atomic mass is 9.78. The van der Waals surface area contributed by atoms with E-state index in [2.05, 4.69) is 25.9 Å². The maximum Gasteiger partial charge on any atom is 0.488 e. The molecule has 4 N–H and O–H groups in total. The topological polar surface area (TPSA) is 124 Å². The minimum Gasteiger partial charge on any atom is -0.423 e. The van der Waals surface area contributed by atoms with Crippen LogP contribution in [-0.4, -0.2) is 43.7 Å². The average Bonchev–Trinajstić information content (AvgIpc) is 3.07. The fourth-order valence-corrected chi connectivity index (χ4v) is 2.12. The monoisotopic (exact) mass is 317 g/mol. The number of H-pyrrole nitrogens is 1. The molecule has 1 unspecified atom stereocenters. The summed E-state index contributed by atoms with van der Waals surface area (Å²) >= 11 is 0. The summed E-state index contributed by atoms with van der Waals surface area (Å²) in [6, 6.07) is 4.97. The maximum absolute atomic E-state index is 11.9. The van der Waals surface area contributed by atoms with Gasteiger partial charge in [0.05, 0.1) is 0 Å². The second kappa shape index (κ2) is 7.84. The highest BCUT2D eigenvalue weighted by Gasteiger charge is 2.16. The van der Waals surface area contributed by atoms with Crippen LogP contribution in [-0.2, 0) is 11.3 Å². The molecule has 0 saturated heterocycles. The van der Waals surface area contributed by atoms with Gasteiger partial charge in [0.15, 0.2) is 0 Å². The van der Waals surface area contributed by atoms with E-state index in [1.165, 1.54) is 0 Å². The molecule has 0 fully saturated rings. The minimum atomic E-state index is -1.61. The predicted octanol–water partition coefficient (Wildman–Crippen LogP) is -0.401. The molecule has 1 amide bonds. The van der Waals surface area contributed by atoms with Gasteiger partial charge in [0, 0.05) is 18.5 Å². The fraction of sp³-hybridized carbons (Fsp3) is 0.429. The lowest BCUT2D eigenvalue weighted by molar-refractivity contribution is -0.122. The van der Waals surface area contributed by atoms with Crippen LogP contribution in [0.25, 0.3) is 11.4 Å². The van der Waals surface area contributed by atoms with Crippen molar-refractivity contribution in [1.29, 1.82) is 0 Å². The first-order chi connectivity index (χ1) is 11.0. The maximum atomic E-state index is 11.9. The third kappa shape index (κ3) is 4.87. The first-order valence-electron chi connectivity index (χ1n) is 7.50. The number of aromatic amines is 1. The number of nitrogens with one attached hydrogen (secondary N) is 2. The van der Waals surface area contributed by atoms with E-state index in [4.69, 9.17) is 0 Å². The molecule has 0 aliphatic heterocycles. The Morgan fingerprint density at radius 1 is 1.39 bits per heavy atom. The summed E-state index contributed by atoms with van der Waals surface area (Å²) in [5.41, 5.74) is 1.63. The van der Waals surface area contributed by atoms with Crippen molar-refractivity contribution in [2.24, 2.45) is 5.92 Å². The lowest BCUT2D eigenvalue weighted by Crippen LogP contribution is -2.31. The van der Waals surface area contributed by atoms with Crippen molar-refractivity contribution >= 4 is 18.5 Å². The number of nitrogens with zero attached hydrogens (tertiary/aromatic N) is 3. The molecule has 0 saturated carbocycles. The molecule has 0 aliphatic carbocycles. The van der Waals surface area contributed by atoms with Crippen molar-refractivity contribution in [3.63, 3.8) is 0 Å². The predicted molar refractivity (Wildman–Crippen MR) is 85.4 cm³/mol. The van der Waals surface area contributed by atoms with Crippen LogP contribution in [0.5, 0.6) is 0 Å². The van der Waals surface area contributed by atoms with Crippen LogP contribution in [0, 0.1) is 5.92 Å². The molecule has 0 bridgehead atoms. The third-order valence-electron chi connectivity index (χ3n) is 3.64. The summed E-state index contributed by atoms with van der Waals surface area (Å²) in [6.45, 7) is 4.36. The second-order valence-electron chi connectivity index (χ2n) is 5.57. The van der Waals surface area contributed by atoms with E-state index in [0.29, 0.717) is 35.7 Å². The first kappa shape index (κ1) is 17.1. The smallest absolute Gasteiger partial charge is 0.423 e. The van der Waals surface area contributed by atoms with Gasteiger partial charge in [0.25, 0.3) is 0 Å². The standard InChI is InChI=1S/C14H20BN5O3/c1-3-9(2)4-13(21)16-8-10-5-11(14-17-19-20-18-14)7-12(6-10)15(22)23/h5-7,9,22-23H,3-4,8H2,1-2H3,(H,16,21)(H,17,18,19,20). The van der Waals surface area contributed by atoms with Crippen molar-refractivity contribution in [2.45, 2.75) is 33.2 Å². The molecule has 1 heterocycles. The summed E-state index contributed by atoms with van der Waals surface area (Å²) in [6.07, 6.45) is 1.41. The number of carbonyl (C=O) groups is 1. The minimum absolute atomic E-state index is 0.0320. The molecule has 1 aromatic heterocycles. The van der Waals surface area contributed by atoms with Gasteiger partial charge in [-0.15, -0.1) is 10.2 Å². The van der Waals surface area contributed by atoms with Gasteiger partial charge in [-0.3, -0.25) is 4.79 Å². The zero-order valence-electron chi connectivity index (χ0n) is 13.2. The number of carbonyl (C=O) groups excluding carboxylic acids is 1. The highest BCUT2D eigenvalue weighted by Crippen LogP contribution is 2.14. The van der Waals surface area contributed by atoms with Crippen LogP contribution in [0.2, 0.25) is 0 Å². The first-order valence-corrected chi connectivity index (χ1v) is 7.50. The molecule has 0 aliphatic rings. The molecule has 8 nitrogen and oxygen atoms in total. The van der Waals surface area contributed by atoms with Crippen molar-refractivity contribution in [3.05, 3.63) is 23.8 Å². The number of rotatable bonds is 7. The lowest BCUT2D eigenvalue weighted by Gasteiger charge is -2.11. The summed E-state index contributed by atoms with van der Waals surface area (Å²) in [5, 5.41) is 35.2. The van der Waals surface area contributed by atoms with Crippen LogP contribution < -0.4 is 10.8 Å². The molecule has 1 atom stereocenters. The largest absolute Gasteiger partial charge is 0.488 e. The van der Waals surface area contributed by atoms with Gasteiger partial charge < -0.3 is 15.4 Å². The quantitative estimate of drug-likeness (QED) is 0.515. The summed E-state index contributed by atoms with van der Waals surface area (Å²) in [7, 11) is -1.61. The molecule has 9 heteroatoms. The Labute approximate surface area is 134 Å². The van der Waals surface area contributed by atoms with E-state index in [-0.39, 0.29) is 5.91 Å². The Bertz CT molecular complexity index is 648. The SMILES string of the molecule is CCC(C)CC(=O)NCc1cc(B(O)O)cc(-c2nn[nH]n2)c1. The molecular weight excluding hydrogens is 297 g/mol. The van der Waals surface area contributed by atoms with Gasteiger partial charge in [-0.25, -0.2) is 0 Å². The van der Waals surface area contributed by atoms with Crippen LogP contribution in [0.4, 0.5) is 0 Å². The van der Waals surface area contributed by atoms with Gasteiger partial charge in [-0.2, -0.15) is 5.21 Å². The molecular formula is C14H20BN5O3. The summed E-state index contributed by atoms with van der Waals surface area (Å²) in [4.78, 5) is 11.9. The zero-order chi connectivity index (χ0) is 16.8. The fourth-order valence-electron chi connectivity index (χ4n) is 2.12. The number of benzene rings is 1. The highest BCUT2D eigenvalue weighted by molar-refractivity contribution is 6.58. The zero-order valence-corrected chi connectivity index (χ0v) is 13.2. The molecule has 0 radical (unpaired) electrons. The van der Waals surface area contributed by atoms with E-state index in [1.807, 2.05) is 13.8 Å². The number of tetrazole rings is 1. The van der Waals surface area contributed by atoms with Crippen molar-refractivity contribution in [3.8, 4) is 11.4 Å². The average molecular weight is 317 g/mol. The van der Waals surface area contributed by atoms with Crippen LogP contribution in [0.15, 0.2) is 18.2 Å². The van der Waals surface area contributed by atoms with Crippen LogP contribution in [0.3, 0.4) is 0 Å². The normalized spacial score (nSPS) is 12.0. The Hall–Kier alpha value is -2.26. The number of hydrogen-bond acceptors (Lipinski definition) is 6. The van der Waals surface area contributed by atoms with E-state index >= 15 is 0 Å².